The smallest absolute Gasteiger partial charge is 0.231 e. The fourth-order valence-corrected chi connectivity index (χ4v) is 6.70. The quantitative estimate of drug-likeness (QED) is 0.515. The Kier molecular flexibility index (Phi) is 5.00. The molecular formula is C22H24BrN5O3S. The van der Waals surface area contributed by atoms with Gasteiger partial charge in [-0.15, -0.1) is 0 Å². The Morgan fingerprint density at radius 2 is 2.12 bits per heavy atom. The van der Waals surface area contributed by atoms with Crippen molar-refractivity contribution >= 4 is 44.7 Å². The van der Waals surface area contributed by atoms with E-state index in [4.69, 9.17) is 24.9 Å². The van der Waals surface area contributed by atoms with Crippen molar-refractivity contribution in [2.75, 3.05) is 12.5 Å². The van der Waals surface area contributed by atoms with Crippen molar-refractivity contribution in [3.8, 4) is 11.5 Å². The molecule has 3 aliphatic heterocycles. The average molecular weight is 518 g/mol. The van der Waals surface area contributed by atoms with Crippen LogP contribution in [0.5, 0.6) is 11.5 Å². The summed E-state index contributed by atoms with van der Waals surface area (Å²) in [6, 6.07) is 3.91. The maximum atomic E-state index is 6.20. The molecule has 0 aliphatic carbocycles. The molecule has 3 aliphatic rings. The van der Waals surface area contributed by atoms with Gasteiger partial charge >= 0.3 is 0 Å². The standard InChI is InChI=1S/C22H24BrN5O3S/c1-22-4-2-13(31-22)6-12(9-22)3-5-28-20-18(19(24)25-10-26-20)27-21(28)32-17-8-16-15(7-14(17)23)29-11-30-16/h7-8,10,12-13H,2-6,9,11H2,1H3,(H2,24,25,26). The zero-order valence-electron chi connectivity index (χ0n) is 17.7. The van der Waals surface area contributed by atoms with E-state index in [1.54, 1.807) is 11.8 Å². The van der Waals surface area contributed by atoms with Crippen LogP contribution in [0.25, 0.3) is 11.2 Å². The molecule has 3 unspecified atom stereocenters. The van der Waals surface area contributed by atoms with Crippen molar-refractivity contribution in [1.82, 2.24) is 19.5 Å². The first-order valence-electron chi connectivity index (χ1n) is 10.9. The molecule has 3 atom stereocenters. The number of ether oxygens (including phenoxy) is 3. The van der Waals surface area contributed by atoms with E-state index in [2.05, 4.69) is 37.4 Å². The molecule has 0 spiro atoms. The zero-order valence-corrected chi connectivity index (χ0v) is 20.1. The Bertz CT molecular complexity index is 1200. The molecular weight excluding hydrogens is 494 g/mol. The van der Waals surface area contributed by atoms with E-state index in [1.807, 2.05) is 12.1 Å². The van der Waals surface area contributed by atoms with Crippen molar-refractivity contribution in [2.24, 2.45) is 5.92 Å². The van der Waals surface area contributed by atoms with Gasteiger partial charge in [-0.1, -0.05) is 11.8 Å². The molecule has 2 aromatic heterocycles. The molecule has 168 valence electrons. The van der Waals surface area contributed by atoms with Crippen LogP contribution in [0, 0.1) is 5.92 Å². The average Bonchev–Trinajstić information content (AvgIpc) is 3.43. The van der Waals surface area contributed by atoms with E-state index in [1.165, 1.54) is 19.2 Å². The Balaban J connectivity index is 1.31. The van der Waals surface area contributed by atoms with E-state index < -0.39 is 0 Å². The SMILES string of the molecule is CC12CCC(CC(CCn3c(Sc4cc5c(cc4Br)OCO5)nc4c(N)ncnc43)C1)O2. The van der Waals surface area contributed by atoms with Gasteiger partial charge in [-0.2, -0.15) is 0 Å². The molecule has 32 heavy (non-hydrogen) atoms. The Morgan fingerprint density at radius 1 is 1.28 bits per heavy atom. The number of nitrogens with zero attached hydrogens (tertiary/aromatic N) is 4. The van der Waals surface area contributed by atoms with Crippen LogP contribution in [-0.2, 0) is 11.3 Å². The molecule has 2 N–H and O–H groups in total. The summed E-state index contributed by atoms with van der Waals surface area (Å²) < 4.78 is 20.4. The minimum absolute atomic E-state index is 0.0477. The van der Waals surface area contributed by atoms with Crippen LogP contribution in [0.1, 0.15) is 39.0 Å². The van der Waals surface area contributed by atoms with E-state index in [0.717, 1.165) is 57.5 Å². The van der Waals surface area contributed by atoms with Gasteiger partial charge in [0.05, 0.1) is 11.7 Å². The van der Waals surface area contributed by atoms with Gasteiger partial charge in [0, 0.05) is 15.9 Å². The highest BCUT2D eigenvalue weighted by molar-refractivity contribution is 9.10. The number of rotatable bonds is 5. The lowest BCUT2D eigenvalue weighted by molar-refractivity contribution is -0.0868. The fourth-order valence-electron chi connectivity index (χ4n) is 5.19. The molecule has 2 bridgehead atoms. The summed E-state index contributed by atoms with van der Waals surface area (Å²) in [6.45, 7) is 3.33. The van der Waals surface area contributed by atoms with Crippen molar-refractivity contribution in [3.05, 3.63) is 22.9 Å². The molecule has 6 rings (SSSR count). The Labute approximate surface area is 198 Å². The number of aryl methyl sites for hydroxylation is 1. The molecule has 0 saturated carbocycles. The number of nitrogen functional groups attached to an aromatic ring is 1. The van der Waals surface area contributed by atoms with Gasteiger partial charge in [0.1, 0.15) is 6.33 Å². The van der Waals surface area contributed by atoms with Crippen molar-refractivity contribution in [2.45, 2.75) is 67.3 Å². The second-order valence-corrected chi connectivity index (χ2v) is 10.9. The van der Waals surface area contributed by atoms with Gasteiger partial charge in [0.25, 0.3) is 0 Å². The lowest BCUT2D eigenvalue weighted by atomic mass is 9.86. The largest absolute Gasteiger partial charge is 0.454 e. The number of anilines is 1. The predicted molar refractivity (Wildman–Crippen MR) is 124 cm³/mol. The summed E-state index contributed by atoms with van der Waals surface area (Å²) in [4.78, 5) is 14.5. The summed E-state index contributed by atoms with van der Waals surface area (Å²) in [5, 5.41) is 0.841. The number of halogens is 1. The first kappa shape index (κ1) is 20.6. The molecule has 1 aromatic carbocycles. The maximum absolute atomic E-state index is 6.20. The Morgan fingerprint density at radius 3 is 2.97 bits per heavy atom. The number of nitrogens with two attached hydrogens (primary N) is 1. The lowest BCUT2D eigenvalue weighted by Gasteiger charge is -2.35. The number of fused-ring (bicyclic) bond motifs is 4. The summed E-state index contributed by atoms with van der Waals surface area (Å²) in [6.07, 6.45) is 7.58. The lowest BCUT2D eigenvalue weighted by Crippen LogP contribution is -2.34. The van der Waals surface area contributed by atoms with E-state index in [0.29, 0.717) is 23.4 Å². The number of imidazole rings is 1. The van der Waals surface area contributed by atoms with Crippen LogP contribution in [0.2, 0.25) is 0 Å². The number of hydrogen-bond acceptors (Lipinski definition) is 8. The van der Waals surface area contributed by atoms with Gasteiger partial charge < -0.3 is 24.5 Å². The van der Waals surface area contributed by atoms with Gasteiger partial charge in [0.15, 0.2) is 33.6 Å². The summed E-state index contributed by atoms with van der Waals surface area (Å²) in [5.74, 6) is 2.51. The monoisotopic (exact) mass is 517 g/mol. The number of aromatic nitrogens is 4. The van der Waals surface area contributed by atoms with E-state index in [9.17, 15) is 0 Å². The second kappa shape index (κ2) is 7.78. The zero-order chi connectivity index (χ0) is 21.9. The fraction of sp³-hybridized carbons (Fsp3) is 0.500. The highest BCUT2D eigenvalue weighted by atomic mass is 79.9. The van der Waals surface area contributed by atoms with Gasteiger partial charge in [-0.3, -0.25) is 0 Å². The number of benzene rings is 1. The third-order valence-electron chi connectivity index (χ3n) is 6.68. The molecule has 2 fully saturated rings. The summed E-state index contributed by atoms with van der Waals surface area (Å²) in [7, 11) is 0. The van der Waals surface area contributed by atoms with Gasteiger partial charge in [-0.05, 0) is 73.0 Å². The van der Waals surface area contributed by atoms with Crippen molar-refractivity contribution in [1.29, 1.82) is 0 Å². The summed E-state index contributed by atoms with van der Waals surface area (Å²) >= 11 is 5.22. The topological polar surface area (TPSA) is 97.3 Å². The third kappa shape index (κ3) is 3.62. The highest BCUT2D eigenvalue weighted by Crippen LogP contribution is 2.46. The summed E-state index contributed by atoms with van der Waals surface area (Å²) in [5.41, 5.74) is 7.61. The maximum Gasteiger partial charge on any atom is 0.231 e. The highest BCUT2D eigenvalue weighted by Gasteiger charge is 2.43. The third-order valence-corrected chi connectivity index (χ3v) is 8.65. The molecule has 5 heterocycles. The van der Waals surface area contributed by atoms with Crippen LogP contribution in [-0.4, -0.2) is 38.0 Å². The Hall–Kier alpha value is -2.04. The molecule has 3 aromatic rings. The van der Waals surface area contributed by atoms with Crippen LogP contribution < -0.4 is 15.2 Å². The molecule has 0 radical (unpaired) electrons. The van der Waals surface area contributed by atoms with Gasteiger partial charge in [0.2, 0.25) is 6.79 Å². The molecule has 0 amide bonds. The van der Waals surface area contributed by atoms with Gasteiger partial charge in [-0.25, -0.2) is 15.0 Å². The van der Waals surface area contributed by atoms with Crippen molar-refractivity contribution < 1.29 is 14.2 Å². The van der Waals surface area contributed by atoms with E-state index in [-0.39, 0.29) is 12.4 Å². The van der Waals surface area contributed by atoms with Crippen LogP contribution in [0.15, 0.2) is 33.0 Å². The minimum Gasteiger partial charge on any atom is -0.454 e. The predicted octanol–water partition coefficient (Wildman–Crippen LogP) is 4.79. The number of hydrogen-bond donors (Lipinski definition) is 1. The first-order chi connectivity index (χ1) is 15.5. The van der Waals surface area contributed by atoms with E-state index >= 15 is 0 Å². The van der Waals surface area contributed by atoms with Crippen LogP contribution in [0.4, 0.5) is 5.82 Å². The second-order valence-electron chi connectivity index (χ2n) is 9.04. The molecule has 2 saturated heterocycles. The minimum atomic E-state index is 0.0477. The van der Waals surface area contributed by atoms with Crippen molar-refractivity contribution in [3.63, 3.8) is 0 Å². The van der Waals surface area contributed by atoms with Crippen LogP contribution in [0.3, 0.4) is 0 Å². The molecule has 10 heteroatoms. The first-order valence-corrected chi connectivity index (χ1v) is 12.5. The molecule has 8 nitrogen and oxygen atoms in total. The van der Waals surface area contributed by atoms with Crippen LogP contribution >= 0.6 is 27.7 Å². The normalized spacial score (nSPS) is 26.2.